The van der Waals surface area contributed by atoms with Crippen molar-refractivity contribution in [3.8, 4) is 11.5 Å². The predicted octanol–water partition coefficient (Wildman–Crippen LogP) is 1.90. The number of hydrogen-bond acceptors (Lipinski definition) is 7. The van der Waals surface area contributed by atoms with Gasteiger partial charge < -0.3 is 19.1 Å². The van der Waals surface area contributed by atoms with Crippen molar-refractivity contribution in [3.05, 3.63) is 18.2 Å². The van der Waals surface area contributed by atoms with Crippen LogP contribution in [0.25, 0.3) is 0 Å². The minimum absolute atomic E-state index is 0.103. The molecule has 174 valence electrons. The first-order valence-corrected chi connectivity index (χ1v) is 11.8. The molecule has 0 bridgehead atoms. The first-order chi connectivity index (χ1) is 14.6. The Hall–Kier alpha value is -2.33. The lowest BCUT2D eigenvalue weighted by molar-refractivity contribution is -0.152. The SMILES string of the molecule is CCOC(=O)CN(C(=O)C1CCN(S(=O)(=O)c2ccc(OC)c(OC)c2)CC1)C(C)C. The van der Waals surface area contributed by atoms with Gasteiger partial charge in [0.05, 0.1) is 25.7 Å². The first kappa shape index (κ1) is 24.9. The lowest BCUT2D eigenvalue weighted by atomic mass is 9.96. The molecule has 0 atom stereocenters. The van der Waals surface area contributed by atoms with Crippen molar-refractivity contribution < 1.29 is 32.2 Å². The fourth-order valence-electron chi connectivity index (χ4n) is 3.56. The van der Waals surface area contributed by atoms with E-state index in [0.29, 0.717) is 24.3 Å². The lowest BCUT2D eigenvalue weighted by Gasteiger charge is -2.35. The van der Waals surface area contributed by atoms with E-state index in [0.717, 1.165) is 0 Å². The third-order valence-electron chi connectivity index (χ3n) is 5.31. The summed E-state index contributed by atoms with van der Waals surface area (Å²) in [7, 11) is -0.804. The van der Waals surface area contributed by atoms with Crippen molar-refractivity contribution in [2.24, 2.45) is 5.92 Å². The highest BCUT2D eigenvalue weighted by Crippen LogP contribution is 2.32. The molecule has 0 radical (unpaired) electrons. The summed E-state index contributed by atoms with van der Waals surface area (Å²) in [6, 6.07) is 4.31. The van der Waals surface area contributed by atoms with Gasteiger partial charge in [-0.2, -0.15) is 4.31 Å². The number of hydrogen-bond donors (Lipinski definition) is 0. The van der Waals surface area contributed by atoms with Gasteiger partial charge in [0, 0.05) is 31.1 Å². The van der Waals surface area contributed by atoms with Crippen LogP contribution in [0.3, 0.4) is 0 Å². The Morgan fingerprint density at radius 1 is 1.13 bits per heavy atom. The minimum Gasteiger partial charge on any atom is -0.493 e. The molecule has 2 rings (SSSR count). The van der Waals surface area contributed by atoms with Gasteiger partial charge in [0.15, 0.2) is 11.5 Å². The summed E-state index contributed by atoms with van der Waals surface area (Å²) in [5, 5.41) is 0. The van der Waals surface area contributed by atoms with E-state index in [9.17, 15) is 18.0 Å². The van der Waals surface area contributed by atoms with Crippen LogP contribution in [0.5, 0.6) is 11.5 Å². The quantitative estimate of drug-likeness (QED) is 0.523. The van der Waals surface area contributed by atoms with Crippen molar-refractivity contribution in [2.45, 2.75) is 44.6 Å². The van der Waals surface area contributed by atoms with Crippen LogP contribution in [0.1, 0.15) is 33.6 Å². The lowest BCUT2D eigenvalue weighted by Crippen LogP contribution is -2.48. The van der Waals surface area contributed by atoms with Crippen molar-refractivity contribution >= 4 is 21.9 Å². The maximum Gasteiger partial charge on any atom is 0.325 e. The molecule has 0 N–H and O–H groups in total. The fraction of sp³-hybridized carbons (Fsp3) is 0.619. The maximum absolute atomic E-state index is 13.1. The number of methoxy groups -OCH3 is 2. The number of amides is 1. The molecule has 0 unspecified atom stereocenters. The van der Waals surface area contributed by atoms with Gasteiger partial charge in [-0.1, -0.05) is 0 Å². The van der Waals surface area contributed by atoms with Gasteiger partial charge in [0.1, 0.15) is 6.54 Å². The van der Waals surface area contributed by atoms with E-state index < -0.39 is 16.0 Å². The summed E-state index contributed by atoms with van der Waals surface area (Å²) in [5.41, 5.74) is 0. The standard InChI is InChI=1S/C21H32N2O7S/c1-6-30-20(24)14-23(15(2)3)21(25)16-9-11-22(12-10-16)31(26,27)17-7-8-18(28-4)19(13-17)29-5/h7-8,13,15-16H,6,9-12,14H2,1-5H3. The van der Waals surface area contributed by atoms with Crippen LogP contribution in [0, 0.1) is 5.92 Å². The largest absolute Gasteiger partial charge is 0.493 e. The molecule has 31 heavy (non-hydrogen) atoms. The van der Waals surface area contributed by atoms with Crippen LogP contribution in [0.15, 0.2) is 23.1 Å². The van der Waals surface area contributed by atoms with Crippen LogP contribution in [-0.2, 0) is 24.3 Å². The van der Waals surface area contributed by atoms with E-state index in [-0.39, 0.29) is 49.0 Å². The molecule has 1 heterocycles. The van der Waals surface area contributed by atoms with Gasteiger partial charge in [-0.3, -0.25) is 9.59 Å². The monoisotopic (exact) mass is 456 g/mol. The highest BCUT2D eigenvalue weighted by molar-refractivity contribution is 7.89. The number of carbonyl (C=O) groups excluding carboxylic acids is 2. The molecule has 1 fully saturated rings. The molecule has 1 saturated heterocycles. The molecular formula is C21H32N2O7S. The van der Waals surface area contributed by atoms with E-state index in [4.69, 9.17) is 14.2 Å². The van der Waals surface area contributed by atoms with Gasteiger partial charge in [-0.05, 0) is 45.7 Å². The zero-order valence-electron chi connectivity index (χ0n) is 18.8. The summed E-state index contributed by atoms with van der Waals surface area (Å²) in [4.78, 5) is 26.5. The fourth-order valence-corrected chi connectivity index (χ4v) is 5.05. The number of carbonyl (C=O) groups is 2. The van der Waals surface area contributed by atoms with Crippen LogP contribution < -0.4 is 9.47 Å². The zero-order chi connectivity index (χ0) is 23.2. The molecule has 9 nitrogen and oxygen atoms in total. The molecule has 1 aliphatic rings. The van der Waals surface area contributed by atoms with E-state index in [1.807, 2.05) is 13.8 Å². The average Bonchev–Trinajstić information content (AvgIpc) is 2.76. The zero-order valence-corrected chi connectivity index (χ0v) is 19.6. The minimum atomic E-state index is -3.73. The number of nitrogens with zero attached hydrogens (tertiary/aromatic N) is 2. The third kappa shape index (κ3) is 5.88. The molecule has 10 heteroatoms. The van der Waals surface area contributed by atoms with Crippen molar-refractivity contribution in [1.82, 2.24) is 9.21 Å². The van der Waals surface area contributed by atoms with E-state index in [1.54, 1.807) is 13.0 Å². The normalized spacial score (nSPS) is 15.5. The topological polar surface area (TPSA) is 102 Å². The molecule has 0 aliphatic carbocycles. The molecular weight excluding hydrogens is 424 g/mol. The Balaban J connectivity index is 2.08. The van der Waals surface area contributed by atoms with Crippen LogP contribution in [0.2, 0.25) is 0 Å². The Morgan fingerprint density at radius 3 is 2.26 bits per heavy atom. The molecule has 0 saturated carbocycles. The van der Waals surface area contributed by atoms with Gasteiger partial charge in [0.2, 0.25) is 15.9 Å². The van der Waals surface area contributed by atoms with Crippen molar-refractivity contribution in [1.29, 1.82) is 0 Å². The maximum atomic E-state index is 13.1. The molecule has 1 amide bonds. The van der Waals surface area contributed by atoms with Crippen molar-refractivity contribution in [2.75, 3.05) is 40.5 Å². The second kappa shape index (κ2) is 10.8. The highest BCUT2D eigenvalue weighted by atomic mass is 32.2. The number of sulfonamides is 1. The average molecular weight is 457 g/mol. The number of ether oxygens (including phenoxy) is 3. The Labute approximate surface area is 184 Å². The number of benzene rings is 1. The Kier molecular flexibility index (Phi) is 8.69. The van der Waals surface area contributed by atoms with Gasteiger partial charge >= 0.3 is 5.97 Å². The summed E-state index contributed by atoms with van der Waals surface area (Å²) >= 11 is 0. The summed E-state index contributed by atoms with van der Waals surface area (Å²) in [5.74, 6) is -0.153. The predicted molar refractivity (Wildman–Crippen MR) is 115 cm³/mol. The molecule has 1 aromatic rings. The molecule has 1 aromatic carbocycles. The van der Waals surface area contributed by atoms with Crippen LogP contribution >= 0.6 is 0 Å². The van der Waals surface area contributed by atoms with Crippen LogP contribution in [-0.4, -0.2) is 76.0 Å². The Morgan fingerprint density at radius 2 is 1.74 bits per heavy atom. The number of piperidine rings is 1. The second-order valence-electron chi connectivity index (χ2n) is 7.56. The van der Waals surface area contributed by atoms with Crippen LogP contribution in [0.4, 0.5) is 0 Å². The highest BCUT2D eigenvalue weighted by Gasteiger charge is 2.35. The first-order valence-electron chi connectivity index (χ1n) is 10.3. The second-order valence-corrected chi connectivity index (χ2v) is 9.50. The van der Waals surface area contributed by atoms with Crippen molar-refractivity contribution in [3.63, 3.8) is 0 Å². The van der Waals surface area contributed by atoms with Gasteiger partial charge in [-0.15, -0.1) is 0 Å². The number of rotatable bonds is 9. The smallest absolute Gasteiger partial charge is 0.325 e. The van der Waals surface area contributed by atoms with Gasteiger partial charge in [-0.25, -0.2) is 8.42 Å². The summed E-state index contributed by atoms with van der Waals surface area (Å²) < 4.78 is 42.8. The molecule has 0 spiro atoms. The summed E-state index contributed by atoms with van der Waals surface area (Å²) in [6.45, 7) is 5.99. The van der Waals surface area contributed by atoms with E-state index in [2.05, 4.69) is 0 Å². The summed E-state index contributed by atoms with van der Waals surface area (Å²) in [6.07, 6.45) is 0.773. The Bertz CT molecular complexity index is 878. The van der Waals surface area contributed by atoms with E-state index in [1.165, 1.54) is 35.6 Å². The molecule has 0 aromatic heterocycles. The molecule has 1 aliphatic heterocycles. The van der Waals surface area contributed by atoms with Gasteiger partial charge in [0.25, 0.3) is 0 Å². The van der Waals surface area contributed by atoms with E-state index >= 15 is 0 Å². The third-order valence-corrected chi connectivity index (χ3v) is 7.20. The number of esters is 1.